The third-order valence-corrected chi connectivity index (χ3v) is 5.54. The summed E-state index contributed by atoms with van der Waals surface area (Å²) in [6.45, 7) is 8.63. The molecule has 0 aliphatic carbocycles. The SMILES string of the molecule is CCOc1ccc(C2(CNC(=O)COc3ccc(C)cc3C)CCOCC2)cc1. The van der Waals surface area contributed by atoms with Gasteiger partial charge in [0.05, 0.1) is 6.61 Å². The van der Waals surface area contributed by atoms with Gasteiger partial charge < -0.3 is 19.5 Å². The quantitative estimate of drug-likeness (QED) is 0.733. The van der Waals surface area contributed by atoms with E-state index in [2.05, 4.69) is 23.5 Å². The highest BCUT2D eigenvalue weighted by Gasteiger charge is 2.35. The summed E-state index contributed by atoms with van der Waals surface area (Å²) in [5.74, 6) is 1.50. The van der Waals surface area contributed by atoms with Crippen molar-refractivity contribution in [1.82, 2.24) is 5.32 Å². The number of amides is 1. The van der Waals surface area contributed by atoms with Crippen LogP contribution in [-0.2, 0) is 14.9 Å². The molecular weight excluding hydrogens is 366 g/mol. The average Bonchev–Trinajstić information content (AvgIpc) is 2.73. The fraction of sp³-hybridized carbons (Fsp3) is 0.458. The predicted molar refractivity (Wildman–Crippen MR) is 114 cm³/mol. The van der Waals surface area contributed by atoms with E-state index in [1.807, 2.05) is 45.0 Å². The van der Waals surface area contributed by atoms with Crippen LogP contribution in [0.15, 0.2) is 42.5 Å². The molecule has 1 fully saturated rings. The number of carbonyl (C=O) groups is 1. The fourth-order valence-electron chi connectivity index (χ4n) is 3.82. The zero-order valence-electron chi connectivity index (χ0n) is 17.6. The van der Waals surface area contributed by atoms with E-state index in [1.165, 1.54) is 11.1 Å². The molecule has 0 bridgehead atoms. The Bertz CT molecular complexity index is 810. The summed E-state index contributed by atoms with van der Waals surface area (Å²) in [6.07, 6.45) is 1.75. The molecule has 29 heavy (non-hydrogen) atoms. The summed E-state index contributed by atoms with van der Waals surface area (Å²) < 4.78 is 16.9. The van der Waals surface area contributed by atoms with Gasteiger partial charge in [0, 0.05) is 25.2 Å². The highest BCUT2D eigenvalue weighted by Crippen LogP contribution is 2.35. The lowest BCUT2D eigenvalue weighted by Gasteiger charge is -2.38. The van der Waals surface area contributed by atoms with Crippen molar-refractivity contribution in [3.05, 3.63) is 59.2 Å². The standard InChI is InChI=1S/C24H31NO4/c1-4-28-21-8-6-20(7-9-21)24(11-13-27-14-12-24)17-25-23(26)16-29-22-10-5-18(2)15-19(22)3/h5-10,15H,4,11-14,16-17H2,1-3H3,(H,25,26). The van der Waals surface area contributed by atoms with Crippen molar-refractivity contribution in [1.29, 1.82) is 0 Å². The lowest BCUT2D eigenvalue weighted by molar-refractivity contribution is -0.123. The minimum atomic E-state index is -0.127. The smallest absolute Gasteiger partial charge is 0.257 e. The molecule has 2 aromatic rings. The van der Waals surface area contributed by atoms with Gasteiger partial charge in [-0.1, -0.05) is 29.8 Å². The highest BCUT2D eigenvalue weighted by atomic mass is 16.5. The van der Waals surface area contributed by atoms with Gasteiger partial charge in [-0.15, -0.1) is 0 Å². The molecule has 0 aromatic heterocycles. The molecule has 0 unspecified atom stereocenters. The summed E-state index contributed by atoms with van der Waals surface area (Å²) >= 11 is 0. The van der Waals surface area contributed by atoms with E-state index in [0.29, 0.717) is 26.4 Å². The number of hydrogen-bond acceptors (Lipinski definition) is 4. The van der Waals surface area contributed by atoms with Gasteiger partial charge in [-0.25, -0.2) is 0 Å². The van der Waals surface area contributed by atoms with E-state index in [4.69, 9.17) is 14.2 Å². The first kappa shape index (κ1) is 21.2. The largest absolute Gasteiger partial charge is 0.494 e. The molecule has 0 atom stereocenters. The zero-order chi connectivity index (χ0) is 20.7. The maximum Gasteiger partial charge on any atom is 0.257 e. The van der Waals surface area contributed by atoms with Crippen LogP contribution in [0.1, 0.15) is 36.5 Å². The van der Waals surface area contributed by atoms with Crippen LogP contribution in [0.25, 0.3) is 0 Å². The van der Waals surface area contributed by atoms with Crippen LogP contribution in [0, 0.1) is 13.8 Å². The minimum absolute atomic E-state index is 0.0136. The molecule has 2 aromatic carbocycles. The second-order valence-corrected chi connectivity index (χ2v) is 7.68. The lowest BCUT2D eigenvalue weighted by atomic mass is 9.74. The monoisotopic (exact) mass is 397 g/mol. The molecule has 1 heterocycles. The van der Waals surface area contributed by atoms with Crippen LogP contribution < -0.4 is 14.8 Å². The molecule has 1 N–H and O–H groups in total. The first-order valence-electron chi connectivity index (χ1n) is 10.3. The molecule has 1 aliphatic heterocycles. The Morgan fingerprint density at radius 1 is 1.07 bits per heavy atom. The Balaban J connectivity index is 1.62. The molecular formula is C24H31NO4. The number of nitrogens with one attached hydrogen (secondary N) is 1. The van der Waals surface area contributed by atoms with Gasteiger partial charge in [-0.3, -0.25) is 4.79 Å². The maximum atomic E-state index is 12.5. The average molecular weight is 398 g/mol. The second kappa shape index (κ2) is 9.79. The van der Waals surface area contributed by atoms with Crippen LogP contribution in [0.2, 0.25) is 0 Å². The van der Waals surface area contributed by atoms with Crippen LogP contribution in [0.5, 0.6) is 11.5 Å². The summed E-state index contributed by atoms with van der Waals surface area (Å²) in [7, 11) is 0. The Kier molecular flexibility index (Phi) is 7.15. The number of ether oxygens (including phenoxy) is 3. The third-order valence-electron chi connectivity index (χ3n) is 5.54. The molecule has 1 saturated heterocycles. The molecule has 1 aliphatic rings. The summed E-state index contributed by atoms with van der Waals surface area (Å²) in [6, 6.07) is 14.2. The number of rotatable bonds is 8. The first-order valence-corrected chi connectivity index (χ1v) is 10.3. The van der Waals surface area contributed by atoms with Crippen molar-refractivity contribution in [3.8, 4) is 11.5 Å². The van der Waals surface area contributed by atoms with Gasteiger partial charge in [0.2, 0.25) is 0 Å². The molecule has 5 nitrogen and oxygen atoms in total. The fourth-order valence-corrected chi connectivity index (χ4v) is 3.82. The van der Waals surface area contributed by atoms with Crippen molar-refractivity contribution in [2.75, 3.05) is 33.0 Å². The summed E-state index contributed by atoms with van der Waals surface area (Å²) in [5, 5.41) is 3.08. The second-order valence-electron chi connectivity index (χ2n) is 7.68. The number of benzene rings is 2. The van der Waals surface area contributed by atoms with E-state index < -0.39 is 0 Å². The normalized spacial score (nSPS) is 15.6. The lowest BCUT2D eigenvalue weighted by Crippen LogP contribution is -2.45. The van der Waals surface area contributed by atoms with Crippen LogP contribution in [0.4, 0.5) is 0 Å². The highest BCUT2D eigenvalue weighted by molar-refractivity contribution is 5.77. The van der Waals surface area contributed by atoms with E-state index in [9.17, 15) is 4.79 Å². The third kappa shape index (κ3) is 5.51. The van der Waals surface area contributed by atoms with E-state index in [1.54, 1.807) is 0 Å². The van der Waals surface area contributed by atoms with E-state index in [-0.39, 0.29) is 17.9 Å². The molecule has 5 heteroatoms. The molecule has 1 amide bonds. The Labute approximate surface area is 173 Å². The zero-order valence-corrected chi connectivity index (χ0v) is 17.6. The Hall–Kier alpha value is -2.53. The minimum Gasteiger partial charge on any atom is -0.494 e. The van der Waals surface area contributed by atoms with E-state index in [0.717, 1.165) is 29.9 Å². The van der Waals surface area contributed by atoms with Gasteiger partial charge >= 0.3 is 0 Å². The van der Waals surface area contributed by atoms with Gasteiger partial charge in [0.1, 0.15) is 11.5 Å². The molecule has 3 rings (SSSR count). The molecule has 0 saturated carbocycles. The van der Waals surface area contributed by atoms with Crippen molar-refractivity contribution >= 4 is 5.91 Å². The van der Waals surface area contributed by atoms with Crippen LogP contribution in [-0.4, -0.2) is 38.9 Å². The van der Waals surface area contributed by atoms with Gasteiger partial charge in [0.15, 0.2) is 6.61 Å². The number of carbonyl (C=O) groups excluding carboxylic acids is 1. The van der Waals surface area contributed by atoms with Gasteiger partial charge in [-0.2, -0.15) is 0 Å². The Morgan fingerprint density at radius 3 is 2.45 bits per heavy atom. The summed E-state index contributed by atoms with van der Waals surface area (Å²) in [4.78, 5) is 12.5. The first-order chi connectivity index (χ1) is 14.0. The number of aryl methyl sites for hydroxylation is 2. The topological polar surface area (TPSA) is 56.8 Å². The van der Waals surface area contributed by atoms with Crippen LogP contribution >= 0.6 is 0 Å². The maximum absolute atomic E-state index is 12.5. The molecule has 0 spiro atoms. The van der Waals surface area contributed by atoms with E-state index >= 15 is 0 Å². The molecule has 156 valence electrons. The van der Waals surface area contributed by atoms with Crippen molar-refractivity contribution < 1.29 is 19.0 Å². The Morgan fingerprint density at radius 2 is 1.79 bits per heavy atom. The van der Waals surface area contributed by atoms with Gasteiger partial charge in [-0.05, 0) is 62.9 Å². The van der Waals surface area contributed by atoms with Crippen molar-refractivity contribution in [2.24, 2.45) is 0 Å². The van der Waals surface area contributed by atoms with Gasteiger partial charge in [0.25, 0.3) is 5.91 Å². The molecule has 0 radical (unpaired) electrons. The van der Waals surface area contributed by atoms with Crippen LogP contribution in [0.3, 0.4) is 0 Å². The predicted octanol–water partition coefficient (Wildman–Crippen LogP) is 3.95. The van der Waals surface area contributed by atoms with Crippen molar-refractivity contribution in [2.45, 2.75) is 39.0 Å². The van der Waals surface area contributed by atoms with Crippen molar-refractivity contribution in [3.63, 3.8) is 0 Å². The number of hydrogen-bond donors (Lipinski definition) is 1. The summed E-state index contributed by atoms with van der Waals surface area (Å²) in [5.41, 5.74) is 3.29.